The van der Waals surface area contributed by atoms with Crippen LogP contribution in [-0.2, 0) is 16.5 Å². The highest BCUT2D eigenvalue weighted by Gasteiger charge is 2.68. The van der Waals surface area contributed by atoms with Crippen molar-refractivity contribution in [2.75, 3.05) is 0 Å². The molecule has 0 aliphatic carbocycles. The summed E-state index contributed by atoms with van der Waals surface area (Å²) in [4.78, 5) is 0. The summed E-state index contributed by atoms with van der Waals surface area (Å²) in [5.74, 6) is 0. The Morgan fingerprint density at radius 3 is 0.914 bits per heavy atom. The fourth-order valence-electron chi connectivity index (χ4n) is 11.0. The Hall–Kier alpha value is -8.85. The van der Waals surface area contributed by atoms with E-state index < -0.39 is 159 Å². The molecular formula is C72H55NO4Si4. The summed E-state index contributed by atoms with van der Waals surface area (Å²) in [7, 11) is -18.3. The molecule has 9 heteroatoms. The van der Waals surface area contributed by atoms with Crippen molar-refractivity contribution in [1.29, 1.82) is 0 Å². The van der Waals surface area contributed by atoms with Gasteiger partial charge in [0.1, 0.15) is 0 Å². The topological polar surface area (TPSA) is 41.9 Å². The normalized spacial score (nSPS) is 18.1. The average molecular weight is 1130 g/mol. The van der Waals surface area contributed by atoms with Gasteiger partial charge in [0, 0.05) is 16.3 Å². The highest BCUT2D eigenvalue weighted by atomic mass is 28.5. The van der Waals surface area contributed by atoms with Gasteiger partial charge in [-0.2, -0.15) is 0 Å². The van der Waals surface area contributed by atoms with Gasteiger partial charge in [-0.25, -0.2) is 0 Å². The molecule has 2 heterocycles. The molecule has 0 saturated carbocycles. The van der Waals surface area contributed by atoms with Gasteiger partial charge < -0.3 is 21.0 Å². The fraction of sp³-hybridized carbons (Fsp3) is 0. The molecule has 1 saturated heterocycles. The van der Waals surface area contributed by atoms with Crippen molar-refractivity contribution in [3.8, 4) is 27.9 Å². The lowest BCUT2D eigenvalue weighted by Gasteiger charge is -2.53. The number of benzene rings is 12. The average Bonchev–Trinajstić information content (AvgIpc) is 1.63. The van der Waals surface area contributed by atoms with E-state index in [1.54, 1.807) is 18.2 Å². The lowest BCUT2D eigenvalue weighted by atomic mass is 9.93. The summed E-state index contributed by atoms with van der Waals surface area (Å²) in [6, 6.07) is 62.5. The molecule has 0 amide bonds. The van der Waals surface area contributed by atoms with Crippen LogP contribution in [0.1, 0.15) is 21.9 Å². The monoisotopic (exact) mass is 1130 g/mol. The Kier molecular flexibility index (Phi) is 9.40. The number of aromatic nitrogens is 1. The van der Waals surface area contributed by atoms with E-state index in [4.69, 9.17) is 21.9 Å². The first-order chi connectivity index (χ1) is 46.7. The van der Waals surface area contributed by atoms with Gasteiger partial charge >= 0.3 is 34.2 Å². The number of hydrogen-bond acceptors (Lipinski definition) is 4. The highest BCUT2D eigenvalue weighted by Crippen LogP contribution is 2.40. The van der Waals surface area contributed by atoms with Crippen LogP contribution in [0.5, 0.6) is 0 Å². The van der Waals surface area contributed by atoms with E-state index in [0.29, 0.717) is 31.1 Å². The minimum absolute atomic E-state index is 0.0680. The third kappa shape index (κ3) is 8.75. The molecule has 5 nitrogen and oxygen atoms in total. The lowest BCUT2D eigenvalue weighted by Crippen LogP contribution is -2.88. The molecule has 0 unspecified atom stereocenters. The zero-order chi connectivity index (χ0) is 68.0. The third-order valence-electron chi connectivity index (χ3n) is 14.6. The number of para-hydroxylation sites is 3. The van der Waals surface area contributed by atoms with Crippen LogP contribution in [-0.4, -0.2) is 38.8 Å². The summed E-state index contributed by atoms with van der Waals surface area (Å²) >= 11 is 0. The van der Waals surface area contributed by atoms with E-state index in [9.17, 15) is 16.4 Å². The minimum Gasteiger partial charge on any atom is -0.402 e. The Bertz CT molecular complexity index is 4980. The number of nitrogens with zero attached hydrogens (tertiary/aromatic N) is 1. The molecule has 81 heavy (non-hydrogen) atoms. The molecule has 0 radical (unpaired) electrons. The molecule has 388 valence electrons. The van der Waals surface area contributed by atoms with Gasteiger partial charge in [-0.05, 0) is 76.3 Å². The predicted molar refractivity (Wildman–Crippen MR) is 341 cm³/mol. The lowest BCUT2D eigenvalue weighted by molar-refractivity contribution is 0.268. The second-order valence-corrected chi connectivity index (χ2v) is 32.1. The molecule has 0 bridgehead atoms. The van der Waals surface area contributed by atoms with Crippen LogP contribution in [0.2, 0.25) is 0 Å². The van der Waals surface area contributed by atoms with Crippen LogP contribution in [0.25, 0.3) is 49.7 Å². The van der Waals surface area contributed by atoms with E-state index in [2.05, 4.69) is 0 Å². The van der Waals surface area contributed by atoms with Gasteiger partial charge in [0.25, 0.3) is 0 Å². The maximum Gasteiger partial charge on any atom is 0.390 e. The first-order valence-electron chi connectivity index (χ1n) is 34.2. The smallest absolute Gasteiger partial charge is 0.390 e. The van der Waals surface area contributed by atoms with E-state index in [-0.39, 0.29) is 21.9 Å². The van der Waals surface area contributed by atoms with E-state index in [0.717, 1.165) is 14.9 Å². The maximum absolute atomic E-state index is 10.1. The Balaban J connectivity index is 1.15. The summed E-state index contributed by atoms with van der Waals surface area (Å²) in [5.41, 5.74) is -2.89. The molecule has 14 rings (SSSR count). The summed E-state index contributed by atoms with van der Waals surface area (Å²) in [5, 5.41) is 4.38. The van der Waals surface area contributed by atoms with Crippen molar-refractivity contribution >= 4 is 97.5 Å². The molecule has 0 atom stereocenters. The number of hydrogen-bond donors (Lipinski definition) is 0. The summed E-state index contributed by atoms with van der Waals surface area (Å²) in [6.07, 6.45) is 0. The zero-order valence-corrected chi connectivity index (χ0v) is 47.1. The molecule has 1 aliphatic heterocycles. The van der Waals surface area contributed by atoms with Crippen LogP contribution >= 0.6 is 0 Å². The van der Waals surface area contributed by atoms with Crippen LogP contribution in [0.3, 0.4) is 0 Å². The quantitative estimate of drug-likeness (QED) is 0.121. The Morgan fingerprint density at radius 2 is 0.543 bits per heavy atom. The maximum atomic E-state index is 10.1. The predicted octanol–water partition coefficient (Wildman–Crippen LogP) is 11.5. The number of rotatable bonds is 11. The molecule has 13 aromatic rings. The van der Waals surface area contributed by atoms with Crippen molar-refractivity contribution in [1.82, 2.24) is 4.57 Å². The van der Waals surface area contributed by atoms with Crippen LogP contribution in [0, 0.1) is 0 Å². The molecular weight excluding hydrogens is 1060 g/mol. The molecule has 0 spiro atoms. The van der Waals surface area contributed by atoms with Crippen molar-refractivity contribution in [2.24, 2.45) is 0 Å². The van der Waals surface area contributed by atoms with E-state index in [1.165, 1.54) is 0 Å². The zero-order valence-electron chi connectivity index (χ0n) is 59.1. The van der Waals surface area contributed by atoms with Gasteiger partial charge in [-0.15, -0.1) is 0 Å². The third-order valence-corrected chi connectivity index (χ3v) is 32.5. The molecule has 0 N–H and O–H groups in total. The first-order valence-corrected chi connectivity index (χ1v) is 33.5. The summed E-state index contributed by atoms with van der Waals surface area (Å²) in [6.45, 7) is 0. The van der Waals surface area contributed by atoms with E-state index in [1.807, 2.05) is 218 Å². The van der Waals surface area contributed by atoms with Gasteiger partial charge in [-0.3, -0.25) is 0 Å². The van der Waals surface area contributed by atoms with Crippen molar-refractivity contribution in [2.45, 2.75) is 0 Å². The Morgan fingerprint density at radius 1 is 0.259 bits per heavy atom. The standard InChI is InChI=1S/C72H55NO4Si4/c1-8-32-57(33-9-1)78(58-34-10-2-11-35-58)74-79(59-36-12-3-13-37-59,60-38-14-4-15-39-60)76-81(63-44-20-7-21-45-63,77-80(75-78,61-40-16-5-17-41-61)62-42-18-6-19-43-62)64-46-30-31-56(55-64)65-47-22-23-48-66(65)67-49-24-27-52-70(67)73-71-53-28-25-50-68(71)69-51-26-29-54-72(69)73/h1-55H/i22D,23D,24D,25D,26D,27D,28D,29D,47D,48D,49D,50D,51D,52D,53D,54D. The molecule has 1 aliphatic rings. The van der Waals surface area contributed by atoms with Gasteiger partial charge in [0.2, 0.25) is 0 Å². The Labute approximate surface area is 499 Å². The van der Waals surface area contributed by atoms with Crippen molar-refractivity contribution in [3.63, 3.8) is 0 Å². The van der Waals surface area contributed by atoms with Crippen molar-refractivity contribution in [3.05, 3.63) is 333 Å². The fourth-order valence-corrected chi connectivity index (χ4v) is 33.6. The van der Waals surface area contributed by atoms with Crippen LogP contribution in [0.4, 0.5) is 0 Å². The van der Waals surface area contributed by atoms with Gasteiger partial charge in [0.15, 0.2) is 0 Å². The van der Waals surface area contributed by atoms with Gasteiger partial charge in [0.05, 0.1) is 38.7 Å². The largest absolute Gasteiger partial charge is 0.402 e. The molecule has 12 aromatic carbocycles. The van der Waals surface area contributed by atoms with Crippen molar-refractivity contribution < 1.29 is 38.4 Å². The molecule has 1 aromatic heterocycles. The van der Waals surface area contributed by atoms with E-state index >= 15 is 0 Å². The summed E-state index contributed by atoms with van der Waals surface area (Å²) < 4.78 is 186. The second kappa shape index (κ2) is 21.3. The number of fused-ring (bicyclic) bond motifs is 3. The van der Waals surface area contributed by atoms with Gasteiger partial charge in [-0.1, -0.05) is 315 Å². The minimum atomic E-state index is -4.86. The molecule has 1 fully saturated rings. The first kappa shape index (κ1) is 35.7. The van der Waals surface area contributed by atoms with Crippen LogP contribution in [0.15, 0.2) is 333 Å². The second-order valence-electron chi connectivity index (χ2n) is 19.3. The SMILES string of the molecule is [2H]c1c([2H])c([2H])c(-c2c([2H])c([2H])c([2H])c([2H])c2-n2c3c([2H])c([2H])c([2H])c([2H])c3c3c([2H])c([2H])c([2H])c([2H])c32)c(-c2cccc([Si]3(c4ccccc4)O[Si](c4ccccc4)(c4ccccc4)O[Si](c4ccccc4)(c4ccccc4)O[Si](c4ccccc4)(c4ccccc4)O3)c2)c1[2H]. The van der Waals surface area contributed by atoms with Crippen LogP contribution < -0.4 is 41.5 Å². The highest BCUT2D eigenvalue weighted by molar-refractivity contribution is 7.16.